The number of urea groups is 1. The fraction of sp³-hybridized carbons (Fsp3) is 0.333. The van der Waals surface area contributed by atoms with Crippen LogP contribution in [-0.2, 0) is 0 Å². The van der Waals surface area contributed by atoms with Gasteiger partial charge in [0.05, 0.1) is 11.4 Å². The molecule has 0 atom stereocenters. The monoisotopic (exact) mass is 788 g/mol. The van der Waals surface area contributed by atoms with Gasteiger partial charge in [0.1, 0.15) is 11.5 Å². The molecule has 2 aliphatic rings. The number of benzene rings is 4. The van der Waals surface area contributed by atoms with Gasteiger partial charge in [-0.2, -0.15) is 0 Å². The summed E-state index contributed by atoms with van der Waals surface area (Å²) in [5, 5.41) is 12.0. The molecule has 0 bridgehead atoms. The van der Waals surface area contributed by atoms with Crippen molar-refractivity contribution >= 4 is 77.8 Å². The van der Waals surface area contributed by atoms with Crippen molar-refractivity contribution in [2.45, 2.75) is 97.4 Å². The average molecular weight is 789 g/mol. The summed E-state index contributed by atoms with van der Waals surface area (Å²) in [7, 11) is -5.07. The number of primary amides is 1. The minimum Gasteiger partial charge on any atom is -0.543 e. The molecular weight excluding hydrogens is 729 g/mol. The number of hydrogen-bond acceptors (Lipinski definition) is 5. The van der Waals surface area contributed by atoms with Crippen LogP contribution in [0.1, 0.15) is 63.8 Å². The summed E-state index contributed by atoms with van der Waals surface area (Å²) in [6, 6.07) is 27.7. The highest BCUT2D eigenvalue weighted by Crippen LogP contribution is 2.42. The summed E-state index contributed by atoms with van der Waals surface area (Å²) in [6.45, 7) is 28.5. The predicted molar refractivity (Wildman–Crippen MR) is 243 cm³/mol. The van der Waals surface area contributed by atoms with E-state index in [-0.39, 0.29) is 10.1 Å². The van der Waals surface area contributed by atoms with E-state index in [1.807, 2.05) is 74.3 Å². The van der Waals surface area contributed by atoms with Gasteiger partial charge in [0.2, 0.25) is 16.6 Å². The Morgan fingerprint density at radius 1 is 0.618 bits per heavy atom. The number of para-hydroxylation sites is 2. The number of nitrogens with zero attached hydrogens (tertiary/aromatic N) is 2. The van der Waals surface area contributed by atoms with Crippen molar-refractivity contribution in [1.82, 2.24) is 0 Å². The molecule has 0 aliphatic carbocycles. The van der Waals surface area contributed by atoms with Gasteiger partial charge in [-0.05, 0) is 95.9 Å². The molecule has 0 saturated heterocycles. The Bertz CT molecular complexity index is 2110. The topological polar surface area (TPSA) is 101 Å². The van der Waals surface area contributed by atoms with Crippen molar-refractivity contribution in [3.63, 3.8) is 0 Å². The molecule has 10 heteroatoms. The van der Waals surface area contributed by atoms with Gasteiger partial charge in [-0.25, -0.2) is 10.1 Å². The zero-order chi connectivity index (χ0) is 41.0. The number of nitrogens with one attached hydrogen (secondary N) is 1. The third-order valence-corrected chi connectivity index (χ3v) is 19.9. The smallest absolute Gasteiger partial charge is 0.323 e. The van der Waals surface area contributed by atoms with Crippen LogP contribution >= 0.6 is 0 Å². The van der Waals surface area contributed by atoms with Crippen molar-refractivity contribution in [3.8, 4) is 17.2 Å². The van der Waals surface area contributed by atoms with E-state index in [0.717, 1.165) is 50.9 Å². The fourth-order valence-electron chi connectivity index (χ4n) is 5.14. The molecule has 4 aromatic rings. The SMILES string of the molecule is CC(C)(C)[Si](C)(C)Oc1ccc2c(c1)C=Cc1ccccc1N2.CC(C)(C)[Si](C)(C)Oc1ccc2c(c1)C=Cc1ccccc1N2C(N)=O.C[Si](C)(C)C#N. The van der Waals surface area contributed by atoms with E-state index in [0.29, 0.717) is 0 Å². The van der Waals surface area contributed by atoms with Crippen LogP contribution in [0.4, 0.5) is 27.5 Å². The largest absolute Gasteiger partial charge is 0.543 e. The van der Waals surface area contributed by atoms with Gasteiger partial charge >= 0.3 is 6.03 Å². The molecular formula is C45H60N4O3Si3. The average Bonchev–Trinajstić information content (AvgIpc) is 3.37. The summed E-state index contributed by atoms with van der Waals surface area (Å²) in [4.78, 5) is 13.7. The highest BCUT2D eigenvalue weighted by molar-refractivity contribution is 6.83. The zero-order valence-corrected chi connectivity index (χ0v) is 38.1. The number of nitrogens with two attached hydrogens (primary N) is 1. The molecule has 3 N–H and O–H groups in total. The number of hydrogen-bond donors (Lipinski definition) is 2. The van der Waals surface area contributed by atoms with Gasteiger partial charge in [0, 0.05) is 28.2 Å². The van der Waals surface area contributed by atoms with Crippen LogP contribution in [-0.4, -0.2) is 30.7 Å². The van der Waals surface area contributed by atoms with Gasteiger partial charge in [0.25, 0.3) is 0 Å². The van der Waals surface area contributed by atoms with E-state index >= 15 is 0 Å². The Balaban J connectivity index is 0.000000214. The Morgan fingerprint density at radius 2 is 1.04 bits per heavy atom. The van der Waals surface area contributed by atoms with Crippen molar-refractivity contribution in [2.75, 3.05) is 10.2 Å². The lowest BCUT2D eigenvalue weighted by atomic mass is 10.1. The van der Waals surface area contributed by atoms with Gasteiger partial charge < -0.3 is 19.9 Å². The first-order chi connectivity index (χ1) is 25.4. The summed E-state index contributed by atoms with van der Waals surface area (Å²) < 4.78 is 12.8. The van der Waals surface area contributed by atoms with Gasteiger partial charge in [-0.15, -0.1) is 0 Å². The van der Waals surface area contributed by atoms with E-state index in [4.69, 9.17) is 19.8 Å². The molecule has 4 aromatic carbocycles. The number of nitriles is 1. The maximum Gasteiger partial charge on any atom is 0.323 e. The van der Waals surface area contributed by atoms with Crippen LogP contribution in [0.25, 0.3) is 24.3 Å². The molecule has 0 unspecified atom stereocenters. The number of anilines is 4. The quantitative estimate of drug-likeness (QED) is 0.177. The Kier molecular flexibility index (Phi) is 12.9. The zero-order valence-electron chi connectivity index (χ0n) is 35.1. The Morgan fingerprint density at radius 3 is 1.58 bits per heavy atom. The molecule has 7 nitrogen and oxygen atoms in total. The number of carbonyl (C=O) groups excluding carboxylic acids is 1. The van der Waals surface area contributed by atoms with Crippen LogP contribution in [0.15, 0.2) is 84.9 Å². The molecule has 0 spiro atoms. The van der Waals surface area contributed by atoms with Crippen LogP contribution < -0.4 is 24.8 Å². The first-order valence-electron chi connectivity index (χ1n) is 18.9. The number of carbonyl (C=O) groups is 1. The Hall–Kier alpha value is -4.83. The summed E-state index contributed by atoms with van der Waals surface area (Å²) in [5.74, 6) is 1.79. The van der Waals surface area contributed by atoms with E-state index in [2.05, 4.69) is 133 Å². The van der Waals surface area contributed by atoms with Crippen LogP contribution in [0.2, 0.25) is 55.9 Å². The van der Waals surface area contributed by atoms with Crippen molar-refractivity contribution in [2.24, 2.45) is 5.73 Å². The molecule has 0 saturated carbocycles. The normalized spacial score (nSPS) is 13.3. The van der Waals surface area contributed by atoms with Gasteiger partial charge in [-0.1, -0.05) is 122 Å². The molecule has 290 valence electrons. The molecule has 55 heavy (non-hydrogen) atoms. The first-order valence-corrected chi connectivity index (χ1v) is 28.2. The number of fused-ring (bicyclic) bond motifs is 4. The lowest BCUT2D eigenvalue weighted by Gasteiger charge is -2.36. The van der Waals surface area contributed by atoms with E-state index in [9.17, 15) is 4.79 Å². The van der Waals surface area contributed by atoms with Crippen LogP contribution in [0.3, 0.4) is 0 Å². The van der Waals surface area contributed by atoms with Gasteiger partial charge in [-0.3, -0.25) is 4.90 Å². The first kappa shape index (κ1) is 42.9. The van der Waals surface area contributed by atoms with Gasteiger partial charge in [0.15, 0.2) is 8.07 Å². The highest BCUT2D eigenvalue weighted by Gasteiger charge is 2.40. The lowest BCUT2D eigenvalue weighted by Crippen LogP contribution is -2.43. The molecule has 2 heterocycles. The van der Waals surface area contributed by atoms with Crippen molar-refractivity contribution in [1.29, 1.82) is 5.26 Å². The second-order valence-corrected chi connectivity index (χ2v) is 32.3. The predicted octanol–water partition coefficient (Wildman–Crippen LogP) is 13.5. The fourth-order valence-corrected chi connectivity index (χ4v) is 7.19. The second-order valence-electron chi connectivity index (χ2n) is 18.2. The lowest BCUT2D eigenvalue weighted by molar-refractivity contribution is 0.256. The minimum atomic E-state index is -1.94. The van der Waals surface area contributed by atoms with E-state index < -0.39 is 30.7 Å². The Labute approximate surface area is 333 Å². The van der Waals surface area contributed by atoms with Crippen molar-refractivity contribution < 1.29 is 13.6 Å². The standard InChI is InChI=1S/C21H26N2O2Si.C20H25NOSi.C4H9NSi/c1-21(2,3)26(4,5)25-17-12-13-19-16(14-17)11-10-15-8-6-7-9-18(15)23(19)20(22)24;1-20(2,3)23(4,5)22-17-12-13-19-16(14-17)11-10-15-8-6-7-9-18(15)21-19;1-6(2,3)4-5/h6-14H,1-5H3,(H2,22,24);6-14,21H,1-5H3;1-3H3. The third kappa shape index (κ3) is 10.9. The van der Waals surface area contributed by atoms with Crippen molar-refractivity contribution in [3.05, 3.63) is 107 Å². The van der Waals surface area contributed by atoms with E-state index in [1.54, 1.807) is 4.90 Å². The summed E-state index contributed by atoms with van der Waals surface area (Å²) >= 11 is 0. The van der Waals surface area contributed by atoms with E-state index in [1.165, 1.54) is 5.56 Å². The second kappa shape index (κ2) is 16.5. The molecule has 2 aliphatic heterocycles. The molecule has 0 aromatic heterocycles. The number of amides is 2. The maximum absolute atomic E-state index is 12.2. The molecule has 0 fully saturated rings. The highest BCUT2D eigenvalue weighted by atomic mass is 28.4. The molecule has 2 amide bonds. The number of rotatable bonds is 4. The molecule has 0 radical (unpaired) electrons. The third-order valence-electron chi connectivity index (χ3n) is 10.5. The van der Waals surface area contributed by atoms with Crippen LogP contribution in [0, 0.1) is 11.0 Å². The maximum atomic E-state index is 12.2. The molecule has 6 rings (SSSR count). The summed E-state index contributed by atoms with van der Waals surface area (Å²) in [5.41, 5.74) is 16.0. The van der Waals surface area contributed by atoms with Crippen LogP contribution in [0.5, 0.6) is 11.5 Å². The summed E-state index contributed by atoms with van der Waals surface area (Å²) in [6.07, 6.45) is 8.33. The minimum absolute atomic E-state index is 0.116.